The van der Waals surface area contributed by atoms with Crippen molar-refractivity contribution in [3.05, 3.63) is 23.7 Å². The van der Waals surface area contributed by atoms with Crippen molar-refractivity contribution in [1.82, 2.24) is 0 Å². The number of nitrogens with two attached hydrogens (primary N) is 1. The Morgan fingerprint density at radius 1 is 1.58 bits per heavy atom. The first kappa shape index (κ1) is 6.72. The molecule has 2 N–H and O–H groups in total. The maximum Gasteiger partial charge on any atom is 0.107 e. The lowest BCUT2D eigenvalue weighted by molar-refractivity contribution is 0.412. The number of hydrogen-bond acceptors (Lipinski definition) is 2. The van der Waals surface area contributed by atoms with Gasteiger partial charge in [-0.15, -0.1) is 0 Å². The van der Waals surface area contributed by atoms with Gasteiger partial charge in [0, 0.05) is 12.3 Å². The highest BCUT2D eigenvalue weighted by atomic mass is 16.3. The number of hydrogen-bond donors (Lipinski definition) is 1. The highest BCUT2D eigenvalue weighted by molar-refractivity contribution is 5.35. The van der Waals surface area contributed by atoms with Crippen LogP contribution < -0.4 is 5.73 Å². The van der Waals surface area contributed by atoms with Crippen LogP contribution in [-0.4, -0.2) is 6.54 Å². The fourth-order valence-electron chi connectivity index (χ4n) is 2.64. The lowest BCUT2D eigenvalue weighted by Gasteiger charge is -2.15. The largest absolute Gasteiger partial charge is 0.469 e. The first-order valence-corrected chi connectivity index (χ1v) is 4.62. The van der Waals surface area contributed by atoms with E-state index in [1.54, 1.807) is 6.26 Å². The van der Waals surface area contributed by atoms with Gasteiger partial charge in [-0.1, -0.05) is 0 Å². The molecule has 0 aromatic carbocycles. The summed E-state index contributed by atoms with van der Waals surface area (Å²) in [6.07, 6.45) is 5.62. The Balaban J connectivity index is 2.07. The third-order valence-corrected chi connectivity index (χ3v) is 3.54. The van der Waals surface area contributed by atoms with Crippen LogP contribution in [0.15, 0.2) is 16.7 Å². The zero-order valence-electron chi connectivity index (χ0n) is 7.05. The summed E-state index contributed by atoms with van der Waals surface area (Å²) in [5.41, 5.74) is 7.70. The number of rotatable bonds is 1. The molecule has 2 aliphatic rings. The smallest absolute Gasteiger partial charge is 0.107 e. The molecule has 1 heterocycles. The first-order valence-electron chi connectivity index (χ1n) is 4.62. The van der Waals surface area contributed by atoms with E-state index < -0.39 is 0 Å². The van der Waals surface area contributed by atoms with Crippen LogP contribution in [0.5, 0.6) is 0 Å². The fourth-order valence-corrected chi connectivity index (χ4v) is 2.64. The highest BCUT2D eigenvalue weighted by Gasteiger charge is 2.54. The Hall–Kier alpha value is -0.760. The van der Waals surface area contributed by atoms with Crippen LogP contribution in [0.2, 0.25) is 0 Å². The molecule has 3 rings (SSSR count). The molecule has 1 spiro atoms. The van der Waals surface area contributed by atoms with E-state index in [4.69, 9.17) is 10.2 Å². The molecule has 0 radical (unpaired) electrons. The molecule has 2 nitrogen and oxygen atoms in total. The van der Waals surface area contributed by atoms with Crippen LogP contribution in [0.25, 0.3) is 0 Å². The number of fused-ring (bicyclic) bond motifs is 1. The Kier molecular flexibility index (Phi) is 1.09. The predicted molar refractivity (Wildman–Crippen MR) is 45.9 cm³/mol. The second-order valence-electron chi connectivity index (χ2n) is 4.13. The van der Waals surface area contributed by atoms with Crippen LogP contribution >= 0.6 is 0 Å². The summed E-state index contributed by atoms with van der Waals surface area (Å²) >= 11 is 0. The lowest BCUT2D eigenvalue weighted by Crippen LogP contribution is -2.18. The van der Waals surface area contributed by atoms with Crippen molar-refractivity contribution in [2.24, 2.45) is 11.1 Å². The van der Waals surface area contributed by atoms with E-state index in [2.05, 4.69) is 6.07 Å². The van der Waals surface area contributed by atoms with Crippen LogP contribution in [0.1, 0.15) is 30.1 Å². The van der Waals surface area contributed by atoms with Crippen LogP contribution in [0.4, 0.5) is 0 Å². The second-order valence-corrected chi connectivity index (χ2v) is 4.13. The minimum absolute atomic E-state index is 0.532. The van der Waals surface area contributed by atoms with Gasteiger partial charge in [-0.3, -0.25) is 0 Å². The summed E-state index contributed by atoms with van der Waals surface area (Å²) < 4.78 is 5.43. The average Bonchev–Trinajstić information content (AvgIpc) is 2.53. The minimum atomic E-state index is 0.532. The summed E-state index contributed by atoms with van der Waals surface area (Å²) in [6, 6.07) is 2.10. The van der Waals surface area contributed by atoms with Gasteiger partial charge in [-0.25, -0.2) is 0 Å². The van der Waals surface area contributed by atoms with E-state index >= 15 is 0 Å². The molecule has 1 atom stereocenters. The molecule has 2 aliphatic carbocycles. The minimum Gasteiger partial charge on any atom is -0.469 e. The molecule has 0 aliphatic heterocycles. The first-order chi connectivity index (χ1) is 5.86. The topological polar surface area (TPSA) is 39.2 Å². The molecule has 1 aromatic rings. The molecule has 0 bridgehead atoms. The number of furan rings is 1. The highest BCUT2D eigenvalue weighted by Crippen LogP contribution is 2.62. The van der Waals surface area contributed by atoms with Gasteiger partial charge in [0.25, 0.3) is 0 Å². The van der Waals surface area contributed by atoms with Crippen LogP contribution in [0.3, 0.4) is 0 Å². The maximum absolute atomic E-state index is 5.78. The van der Waals surface area contributed by atoms with Gasteiger partial charge in [0.1, 0.15) is 5.76 Å². The Labute approximate surface area is 71.7 Å². The molecule has 0 amide bonds. The third kappa shape index (κ3) is 0.643. The zero-order valence-corrected chi connectivity index (χ0v) is 7.05. The monoisotopic (exact) mass is 163 g/mol. The normalized spacial score (nSPS) is 29.2. The summed E-state index contributed by atoms with van der Waals surface area (Å²) in [5.74, 6) is 1.79. The summed E-state index contributed by atoms with van der Waals surface area (Å²) in [7, 11) is 0. The molecule has 1 aromatic heterocycles. The molecule has 0 saturated heterocycles. The molecule has 1 unspecified atom stereocenters. The maximum atomic E-state index is 5.78. The van der Waals surface area contributed by atoms with Crippen molar-refractivity contribution >= 4 is 0 Å². The molecule has 2 heteroatoms. The Bertz CT molecular complexity index is 311. The fraction of sp³-hybridized carbons (Fsp3) is 0.600. The van der Waals surface area contributed by atoms with E-state index in [-0.39, 0.29) is 0 Å². The second kappa shape index (κ2) is 1.94. The molecule has 12 heavy (non-hydrogen) atoms. The van der Waals surface area contributed by atoms with Gasteiger partial charge >= 0.3 is 0 Å². The van der Waals surface area contributed by atoms with E-state index in [0.717, 1.165) is 13.0 Å². The van der Waals surface area contributed by atoms with Crippen molar-refractivity contribution in [3.8, 4) is 0 Å². The molecular weight excluding hydrogens is 150 g/mol. The van der Waals surface area contributed by atoms with Crippen molar-refractivity contribution in [1.29, 1.82) is 0 Å². The van der Waals surface area contributed by atoms with Crippen molar-refractivity contribution in [2.75, 3.05) is 6.54 Å². The van der Waals surface area contributed by atoms with E-state index in [0.29, 0.717) is 11.3 Å². The van der Waals surface area contributed by atoms with Gasteiger partial charge < -0.3 is 10.2 Å². The molecule has 1 fully saturated rings. The van der Waals surface area contributed by atoms with E-state index in [9.17, 15) is 0 Å². The van der Waals surface area contributed by atoms with Gasteiger partial charge in [0.2, 0.25) is 0 Å². The van der Waals surface area contributed by atoms with Crippen LogP contribution in [0, 0.1) is 5.41 Å². The van der Waals surface area contributed by atoms with Crippen molar-refractivity contribution < 1.29 is 4.42 Å². The van der Waals surface area contributed by atoms with E-state index in [1.165, 1.54) is 24.2 Å². The summed E-state index contributed by atoms with van der Waals surface area (Å²) in [6.45, 7) is 0.784. The predicted octanol–water partition coefficient (Wildman–Crippen LogP) is 1.66. The Morgan fingerprint density at radius 2 is 2.42 bits per heavy atom. The Morgan fingerprint density at radius 3 is 3.08 bits per heavy atom. The molecular formula is C10H13NO. The lowest BCUT2D eigenvalue weighted by atomic mass is 9.90. The third-order valence-electron chi connectivity index (χ3n) is 3.54. The molecule has 64 valence electrons. The summed E-state index contributed by atoms with van der Waals surface area (Å²) in [4.78, 5) is 0. The SMILES string of the molecule is NCC1c2ccoc2CC12CC2. The van der Waals surface area contributed by atoms with Gasteiger partial charge in [-0.2, -0.15) is 0 Å². The van der Waals surface area contributed by atoms with E-state index in [1.807, 2.05) is 0 Å². The van der Waals surface area contributed by atoms with Gasteiger partial charge in [0.05, 0.1) is 6.26 Å². The van der Waals surface area contributed by atoms with Gasteiger partial charge in [-0.05, 0) is 36.4 Å². The standard InChI is InChI=1S/C10H13NO/c11-6-8-7-1-4-12-9(7)5-10(8)2-3-10/h1,4,8H,2-3,5-6,11H2. The quantitative estimate of drug-likeness (QED) is 0.683. The zero-order chi connectivity index (χ0) is 8.18. The van der Waals surface area contributed by atoms with Crippen molar-refractivity contribution in [3.63, 3.8) is 0 Å². The average molecular weight is 163 g/mol. The van der Waals surface area contributed by atoms with Crippen LogP contribution in [-0.2, 0) is 6.42 Å². The molecule has 1 saturated carbocycles. The summed E-state index contributed by atoms with van der Waals surface area (Å²) in [5, 5.41) is 0. The van der Waals surface area contributed by atoms with Gasteiger partial charge in [0.15, 0.2) is 0 Å². The van der Waals surface area contributed by atoms with Crippen molar-refractivity contribution in [2.45, 2.75) is 25.2 Å².